The molecule has 148 valence electrons. The number of anilines is 1. The third kappa shape index (κ3) is 2.88. The van der Waals surface area contributed by atoms with E-state index in [2.05, 4.69) is 0 Å². The van der Waals surface area contributed by atoms with Crippen LogP contribution in [-0.4, -0.2) is 31.3 Å². The Morgan fingerprint density at radius 1 is 1.04 bits per heavy atom. The van der Waals surface area contributed by atoms with E-state index in [4.69, 9.17) is 14.2 Å². The first-order valence-electron chi connectivity index (χ1n) is 9.56. The highest BCUT2D eigenvalue weighted by Gasteiger charge is 2.47. The normalized spacial score (nSPS) is 21.7. The summed E-state index contributed by atoms with van der Waals surface area (Å²) < 4.78 is 16.9. The van der Waals surface area contributed by atoms with E-state index < -0.39 is 5.72 Å². The molecule has 1 amide bonds. The molecule has 4 rings (SSSR count). The van der Waals surface area contributed by atoms with Crippen molar-refractivity contribution in [2.24, 2.45) is 0 Å². The van der Waals surface area contributed by atoms with Crippen molar-refractivity contribution >= 4 is 11.6 Å². The van der Waals surface area contributed by atoms with Crippen molar-refractivity contribution in [1.82, 2.24) is 0 Å². The predicted octanol–water partition coefficient (Wildman–Crippen LogP) is 3.85. The van der Waals surface area contributed by atoms with E-state index in [1.165, 1.54) is 12.0 Å². The standard InChI is InChI=1S/C22H25NO5/c1-22(25)16-9-6-10-18(27-3)20(16)21(24)23(22)14-11-12-17(26-2)19(13-14)28-15-7-4-5-8-15/h6,9-13,15,25H,4-5,7-8H2,1-3H3. The molecule has 6 nitrogen and oxygen atoms in total. The average Bonchev–Trinajstić information content (AvgIpc) is 3.26. The van der Waals surface area contributed by atoms with E-state index in [0.717, 1.165) is 25.7 Å². The summed E-state index contributed by atoms with van der Waals surface area (Å²) in [4.78, 5) is 14.6. The van der Waals surface area contributed by atoms with Gasteiger partial charge in [0.1, 0.15) is 5.75 Å². The van der Waals surface area contributed by atoms with Crippen molar-refractivity contribution in [1.29, 1.82) is 0 Å². The molecule has 6 heteroatoms. The van der Waals surface area contributed by atoms with Crippen molar-refractivity contribution in [2.75, 3.05) is 19.1 Å². The second-order valence-corrected chi connectivity index (χ2v) is 7.40. The number of nitrogens with zero attached hydrogens (tertiary/aromatic N) is 1. The molecular weight excluding hydrogens is 358 g/mol. The quantitative estimate of drug-likeness (QED) is 0.849. The number of carbonyl (C=O) groups excluding carboxylic acids is 1. The van der Waals surface area contributed by atoms with Crippen molar-refractivity contribution in [2.45, 2.75) is 44.4 Å². The molecule has 1 unspecified atom stereocenters. The summed E-state index contributed by atoms with van der Waals surface area (Å²) in [7, 11) is 3.11. The Kier molecular flexibility index (Phi) is 4.67. The zero-order chi connectivity index (χ0) is 19.9. The van der Waals surface area contributed by atoms with Gasteiger partial charge in [0.05, 0.1) is 31.6 Å². The smallest absolute Gasteiger partial charge is 0.265 e. The van der Waals surface area contributed by atoms with Gasteiger partial charge in [0.25, 0.3) is 5.91 Å². The van der Waals surface area contributed by atoms with Gasteiger partial charge in [-0.15, -0.1) is 0 Å². The number of aliphatic hydroxyl groups is 1. The van der Waals surface area contributed by atoms with E-state index in [9.17, 15) is 9.90 Å². The first kappa shape index (κ1) is 18.6. The topological polar surface area (TPSA) is 68.2 Å². The maximum Gasteiger partial charge on any atom is 0.265 e. The Balaban J connectivity index is 1.75. The van der Waals surface area contributed by atoms with Crippen LogP contribution in [0.4, 0.5) is 5.69 Å². The van der Waals surface area contributed by atoms with Crippen LogP contribution in [0.25, 0.3) is 0 Å². The average molecular weight is 383 g/mol. The fourth-order valence-electron chi connectivity index (χ4n) is 4.20. The minimum Gasteiger partial charge on any atom is -0.496 e. The highest BCUT2D eigenvalue weighted by atomic mass is 16.5. The van der Waals surface area contributed by atoms with Crippen LogP contribution in [0, 0.1) is 0 Å². The molecule has 0 aromatic heterocycles. The summed E-state index contributed by atoms with van der Waals surface area (Å²) in [5, 5.41) is 11.2. The highest BCUT2D eigenvalue weighted by Crippen LogP contribution is 2.45. The molecule has 1 N–H and O–H groups in total. The van der Waals surface area contributed by atoms with Crippen molar-refractivity contribution in [3.8, 4) is 17.2 Å². The Hall–Kier alpha value is -2.73. The number of methoxy groups -OCH3 is 2. The van der Waals surface area contributed by atoms with Gasteiger partial charge in [0, 0.05) is 11.6 Å². The Labute approximate surface area is 164 Å². The molecule has 1 atom stereocenters. The first-order valence-corrected chi connectivity index (χ1v) is 9.56. The second kappa shape index (κ2) is 7.02. The molecule has 0 bridgehead atoms. The van der Waals surface area contributed by atoms with Crippen LogP contribution in [0.3, 0.4) is 0 Å². The molecule has 28 heavy (non-hydrogen) atoms. The van der Waals surface area contributed by atoms with E-state index in [-0.39, 0.29) is 12.0 Å². The highest BCUT2D eigenvalue weighted by molar-refractivity contribution is 6.13. The number of benzene rings is 2. The molecule has 1 saturated carbocycles. The van der Waals surface area contributed by atoms with Gasteiger partial charge >= 0.3 is 0 Å². The van der Waals surface area contributed by atoms with Crippen molar-refractivity contribution in [3.63, 3.8) is 0 Å². The van der Waals surface area contributed by atoms with Gasteiger partial charge in [-0.2, -0.15) is 0 Å². The fraction of sp³-hybridized carbons (Fsp3) is 0.409. The van der Waals surface area contributed by atoms with Crippen LogP contribution < -0.4 is 19.1 Å². The van der Waals surface area contributed by atoms with Crippen LogP contribution in [-0.2, 0) is 5.72 Å². The van der Waals surface area contributed by atoms with Gasteiger partial charge in [-0.3, -0.25) is 9.69 Å². The number of hydrogen-bond donors (Lipinski definition) is 1. The fourth-order valence-corrected chi connectivity index (χ4v) is 4.20. The first-order chi connectivity index (χ1) is 13.5. The molecule has 1 aliphatic heterocycles. The lowest BCUT2D eigenvalue weighted by Gasteiger charge is -2.31. The van der Waals surface area contributed by atoms with E-state index in [1.807, 2.05) is 0 Å². The third-order valence-electron chi connectivity index (χ3n) is 5.61. The Bertz CT molecular complexity index is 902. The lowest BCUT2D eigenvalue weighted by atomic mass is 10.0. The molecule has 2 aliphatic rings. The lowest BCUT2D eigenvalue weighted by molar-refractivity contribution is 0.0554. The maximum atomic E-state index is 13.2. The van der Waals surface area contributed by atoms with Crippen molar-refractivity contribution in [3.05, 3.63) is 47.5 Å². The zero-order valence-corrected chi connectivity index (χ0v) is 16.4. The molecule has 1 aliphatic carbocycles. The number of hydrogen-bond acceptors (Lipinski definition) is 5. The summed E-state index contributed by atoms with van der Waals surface area (Å²) in [6.07, 6.45) is 4.48. The number of rotatable bonds is 5. The number of carbonyl (C=O) groups is 1. The van der Waals surface area contributed by atoms with E-state index >= 15 is 0 Å². The summed E-state index contributed by atoms with van der Waals surface area (Å²) in [6.45, 7) is 1.61. The molecular formula is C22H25NO5. The van der Waals surface area contributed by atoms with Crippen LogP contribution in [0.15, 0.2) is 36.4 Å². The SMILES string of the molecule is COc1ccc(N2C(=O)c3c(OC)cccc3C2(C)O)cc1OC1CCCC1. The summed E-state index contributed by atoms with van der Waals surface area (Å²) in [5.41, 5.74) is -0.0581. The molecule has 2 aromatic carbocycles. The largest absolute Gasteiger partial charge is 0.496 e. The van der Waals surface area contributed by atoms with Gasteiger partial charge in [-0.05, 0) is 50.8 Å². The Morgan fingerprint density at radius 3 is 2.43 bits per heavy atom. The molecule has 2 aromatic rings. The lowest BCUT2D eigenvalue weighted by Crippen LogP contribution is -2.41. The van der Waals surface area contributed by atoms with Gasteiger partial charge in [-0.1, -0.05) is 12.1 Å². The van der Waals surface area contributed by atoms with Crippen LogP contribution >= 0.6 is 0 Å². The van der Waals surface area contributed by atoms with E-state index in [0.29, 0.717) is 34.1 Å². The maximum absolute atomic E-state index is 13.2. The monoisotopic (exact) mass is 383 g/mol. The molecule has 0 spiro atoms. The third-order valence-corrected chi connectivity index (χ3v) is 5.61. The van der Waals surface area contributed by atoms with Crippen LogP contribution in [0.1, 0.15) is 48.5 Å². The number of ether oxygens (including phenoxy) is 3. The van der Waals surface area contributed by atoms with Gasteiger partial charge in [-0.25, -0.2) is 0 Å². The van der Waals surface area contributed by atoms with Crippen molar-refractivity contribution < 1.29 is 24.1 Å². The second-order valence-electron chi connectivity index (χ2n) is 7.40. The number of fused-ring (bicyclic) bond motifs is 1. The zero-order valence-electron chi connectivity index (χ0n) is 16.4. The minimum absolute atomic E-state index is 0.149. The van der Waals surface area contributed by atoms with E-state index in [1.54, 1.807) is 50.4 Å². The Morgan fingerprint density at radius 2 is 1.75 bits per heavy atom. The van der Waals surface area contributed by atoms with Crippen LogP contribution in [0.2, 0.25) is 0 Å². The van der Waals surface area contributed by atoms with Gasteiger partial charge < -0.3 is 19.3 Å². The molecule has 1 heterocycles. The summed E-state index contributed by atoms with van der Waals surface area (Å²) >= 11 is 0. The number of amides is 1. The molecule has 0 saturated heterocycles. The molecule has 0 radical (unpaired) electrons. The summed E-state index contributed by atoms with van der Waals surface area (Å²) in [6, 6.07) is 10.5. The summed E-state index contributed by atoms with van der Waals surface area (Å²) in [5.74, 6) is 1.33. The van der Waals surface area contributed by atoms with Gasteiger partial charge in [0.15, 0.2) is 17.2 Å². The van der Waals surface area contributed by atoms with Gasteiger partial charge in [0.2, 0.25) is 0 Å². The van der Waals surface area contributed by atoms with Crippen LogP contribution in [0.5, 0.6) is 17.2 Å². The molecule has 1 fully saturated rings. The minimum atomic E-state index is -1.50. The predicted molar refractivity (Wildman–Crippen MR) is 105 cm³/mol.